The van der Waals surface area contributed by atoms with E-state index in [0.717, 1.165) is 31.2 Å². The molecule has 1 atom stereocenters. The molecule has 19 heavy (non-hydrogen) atoms. The Hall–Kier alpha value is -1.42. The molecule has 1 fully saturated rings. The van der Waals surface area contributed by atoms with Crippen LogP contribution in [0.4, 0.5) is 0 Å². The quantitative estimate of drug-likeness (QED) is 0.831. The van der Waals surface area contributed by atoms with E-state index in [9.17, 15) is 4.79 Å². The van der Waals surface area contributed by atoms with Gasteiger partial charge in [-0.3, -0.25) is 4.79 Å². The molecule has 102 valence electrons. The predicted molar refractivity (Wildman–Crippen MR) is 80.7 cm³/mol. The molecule has 1 aliphatic rings. The predicted octanol–water partition coefficient (Wildman–Crippen LogP) is 2.71. The second kappa shape index (κ2) is 6.66. The number of benzene rings is 1. The first-order valence-electron chi connectivity index (χ1n) is 6.83. The topological polar surface area (TPSA) is 55.1 Å². The summed E-state index contributed by atoms with van der Waals surface area (Å²) in [5.74, 6) is 0.204. The van der Waals surface area contributed by atoms with Gasteiger partial charge in [-0.1, -0.05) is 61.8 Å². The first-order valence-corrected chi connectivity index (χ1v) is 7.24. The van der Waals surface area contributed by atoms with Crippen molar-refractivity contribution in [2.75, 3.05) is 0 Å². The van der Waals surface area contributed by atoms with E-state index in [-0.39, 0.29) is 17.9 Å². The molecule has 1 aromatic rings. The van der Waals surface area contributed by atoms with Crippen molar-refractivity contribution in [3.63, 3.8) is 0 Å². The molecule has 1 unspecified atom stereocenters. The lowest BCUT2D eigenvalue weighted by Gasteiger charge is -2.24. The summed E-state index contributed by atoms with van der Waals surface area (Å²) in [4.78, 5) is 12.6. The van der Waals surface area contributed by atoms with Crippen LogP contribution in [0.1, 0.15) is 43.7 Å². The monoisotopic (exact) mass is 276 g/mol. The zero-order valence-electron chi connectivity index (χ0n) is 11.0. The van der Waals surface area contributed by atoms with E-state index in [4.69, 9.17) is 18.0 Å². The van der Waals surface area contributed by atoms with Gasteiger partial charge in [-0.05, 0) is 18.4 Å². The second-order valence-corrected chi connectivity index (χ2v) is 5.56. The first kappa shape index (κ1) is 14.0. The van der Waals surface area contributed by atoms with E-state index >= 15 is 0 Å². The molecule has 0 radical (unpaired) electrons. The minimum Gasteiger partial charge on any atom is -0.391 e. The van der Waals surface area contributed by atoms with Crippen molar-refractivity contribution in [1.82, 2.24) is 5.32 Å². The number of nitrogens with two attached hydrogens (primary N) is 1. The van der Waals surface area contributed by atoms with E-state index in [1.54, 1.807) is 0 Å². The number of nitrogens with one attached hydrogen (secondary N) is 1. The highest BCUT2D eigenvalue weighted by atomic mass is 32.1. The van der Waals surface area contributed by atoms with Crippen LogP contribution >= 0.6 is 12.2 Å². The summed E-state index contributed by atoms with van der Waals surface area (Å²) in [6.07, 6.45) is 5.47. The van der Waals surface area contributed by atoms with Crippen molar-refractivity contribution in [2.45, 2.75) is 38.1 Å². The molecule has 3 nitrogen and oxygen atoms in total. The highest BCUT2D eigenvalue weighted by molar-refractivity contribution is 7.80. The summed E-state index contributed by atoms with van der Waals surface area (Å²) >= 11 is 5.08. The molecule has 2 rings (SSSR count). The van der Waals surface area contributed by atoms with E-state index in [1.807, 2.05) is 30.3 Å². The van der Waals surface area contributed by atoms with Crippen molar-refractivity contribution in [3.05, 3.63) is 35.9 Å². The van der Waals surface area contributed by atoms with Crippen LogP contribution in [0.25, 0.3) is 0 Å². The van der Waals surface area contributed by atoms with Crippen LogP contribution in [0.2, 0.25) is 0 Å². The van der Waals surface area contributed by atoms with Crippen molar-refractivity contribution >= 4 is 23.1 Å². The Labute approximate surface area is 119 Å². The fourth-order valence-corrected chi connectivity index (χ4v) is 2.78. The van der Waals surface area contributed by atoms with Crippen LogP contribution in [0, 0.1) is 5.92 Å². The highest BCUT2D eigenvalue weighted by Gasteiger charge is 2.24. The minimum atomic E-state index is -0.356. The zero-order chi connectivity index (χ0) is 13.7. The highest BCUT2D eigenvalue weighted by Crippen LogP contribution is 2.24. The van der Waals surface area contributed by atoms with E-state index < -0.39 is 0 Å². The van der Waals surface area contributed by atoms with Crippen molar-refractivity contribution < 1.29 is 4.79 Å². The van der Waals surface area contributed by atoms with Crippen molar-refractivity contribution in [1.29, 1.82) is 0 Å². The standard InChI is InChI=1S/C15H20N2OS/c16-14(19)13(11-7-3-1-4-8-11)17-15(18)12-9-5-2-6-10-12/h1,3-4,7-8,12-13H,2,5-6,9-10H2,(H2,16,19)(H,17,18). The maximum Gasteiger partial charge on any atom is 0.223 e. The number of amides is 1. The van der Waals surface area contributed by atoms with Crippen LogP contribution in [0.15, 0.2) is 30.3 Å². The van der Waals surface area contributed by atoms with E-state index in [0.29, 0.717) is 4.99 Å². The van der Waals surface area contributed by atoms with Crippen LogP contribution in [0.3, 0.4) is 0 Å². The van der Waals surface area contributed by atoms with Crippen LogP contribution < -0.4 is 11.1 Å². The lowest BCUT2D eigenvalue weighted by atomic mass is 9.88. The summed E-state index contributed by atoms with van der Waals surface area (Å²) in [6, 6.07) is 9.30. The van der Waals surface area contributed by atoms with Crippen molar-refractivity contribution in [3.8, 4) is 0 Å². The molecular weight excluding hydrogens is 256 g/mol. The molecular formula is C15H20N2OS. The molecule has 0 saturated heterocycles. The maximum atomic E-state index is 12.3. The van der Waals surface area contributed by atoms with Gasteiger partial charge < -0.3 is 11.1 Å². The third-order valence-corrected chi connectivity index (χ3v) is 3.92. The average molecular weight is 276 g/mol. The fraction of sp³-hybridized carbons (Fsp3) is 0.467. The SMILES string of the molecule is NC(=S)C(NC(=O)C1CCCCC1)c1ccccc1. The van der Waals surface area contributed by atoms with E-state index in [2.05, 4.69) is 5.32 Å². The zero-order valence-corrected chi connectivity index (χ0v) is 11.8. The smallest absolute Gasteiger partial charge is 0.223 e. The largest absolute Gasteiger partial charge is 0.391 e. The van der Waals surface area contributed by atoms with Gasteiger partial charge in [-0.2, -0.15) is 0 Å². The van der Waals surface area contributed by atoms with Gasteiger partial charge in [0.25, 0.3) is 0 Å². The van der Waals surface area contributed by atoms with Gasteiger partial charge in [0, 0.05) is 5.92 Å². The Balaban J connectivity index is 2.04. The summed E-state index contributed by atoms with van der Waals surface area (Å²) in [5, 5.41) is 3.00. The van der Waals surface area contributed by atoms with Crippen LogP contribution in [-0.2, 0) is 4.79 Å². The summed E-state index contributed by atoms with van der Waals surface area (Å²) in [7, 11) is 0. The molecule has 0 heterocycles. The van der Waals surface area contributed by atoms with Gasteiger partial charge in [0.15, 0.2) is 0 Å². The van der Waals surface area contributed by atoms with Gasteiger partial charge in [-0.25, -0.2) is 0 Å². The maximum absolute atomic E-state index is 12.3. The van der Waals surface area contributed by atoms with Gasteiger partial charge in [0.05, 0.1) is 0 Å². The van der Waals surface area contributed by atoms with Crippen LogP contribution in [-0.4, -0.2) is 10.9 Å². The molecule has 0 aliphatic heterocycles. The lowest BCUT2D eigenvalue weighted by Crippen LogP contribution is -2.40. The third kappa shape index (κ3) is 3.77. The minimum absolute atomic E-state index is 0.0846. The first-order chi connectivity index (χ1) is 9.18. The molecule has 4 heteroatoms. The normalized spacial score (nSPS) is 17.7. The molecule has 3 N–H and O–H groups in total. The number of hydrogen-bond donors (Lipinski definition) is 2. The third-order valence-electron chi connectivity index (χ3n) is 3.68. The molecule has 0 aromatic heterocycles. The number of carbonyl (C=O) groups excluding carboxylic acids is 1. The molecule has 1 amide bonds. The Morgan fingerprint density at radius 2 is 1.84 bits per heavy atom. The Kier molecular flexibility index (Phi) is 4.91. The van der Waals surface area contributed by atoms with Gasteiger partial charge in [0.1, 0.15) is 11.0 Å². The molecule has 1 aliphatic carbocycles. The molecule has 0 spiro atoms. The Bertz CT molecular complexity index is 441. The van der Waals surface area contributed by atoms with Crippen LogP contribution in [0.5, 0.6) is 0 Å². The Morgan fingerprint density at radius 3 is 2.42 bits per heavy atom. The summed E-state index contributed by atoms with van der Waals surface area (Å²) in [5.41, 5.74) is 6.71. The number of carbonyl (C=O) groups is 1. The number of hydrogen-bond acceptors (Lipinski definition) is 2. The number of rotatable bonds is 4. The molecule has 1 saturated carbocycles. The van der Waals surface area contributed by atoms with Crippen molar-refractivity contribution in [2.24, 2.45) is 11.7 Å². The fourth-order valence-electron chi connectivity index (χ4n) is 2.59. The van der Waals surface area contributed by atoms with Gasteiger partial charge >= 0.3 is 0 Å². The second-order valence-electron chi connectivity index (χ2n) is 5.09. The lowest BCUT2D eigenvalue weighted by molar-refractivity contribution is -0.126. The Morgan fingerprint density at radius 1 is 1.21 bits per heavy atom. The molecule has 0 bridgehead atoms. The summed E-state index contributed by atoms with van der Waals surface area (Å²) < 4.78 is 0. The van der Waals surface area contributed by atoms with Gasteiger partial charge in [0.2, 0.25) is 5.91 Å². The number of thiocarbonyl (C=S) groups is 1. The van der Waals surface area contributed by atoms with E-state index in [1.165, 1.54) is 6.42 Å². The average Bonchev–Trinajstić information content (AvgIpc) is 2.46. The van der Waals surface area contributed by atoms with Gasteiger partial charge in [-0.15, -0.1) is 0 Å². The molecule has 1 aromatic carbocycles. The summed E-state index contributed by atoms with van der Waals surface area (Å²) in [6.45, 7) is 0.